The monoisotopic (exact) mass is 898 g/mol. The molecule has 1 aromatic heterocycles. The fraction of sp³-hybridized carbons (Fsp3) is 0.673. The van der Waals surface area contributed by atoms with Gasteiger partial charge in [-0.15, -0.1) is 0 Å². The molecule has 2 heterocycles. The summed E-state index contributed by atoms with van der Waals surface area (Å²) in [6, 6.07) is 15.1. The van der Waals surface area contributed by atoms with Gasteiger partial charge in [-0.05, 0) is 99.6 Å². The van der Waals surface area contributed by atoms with Crippen LogP contribution in [0.4, 0.5) is 0 Å². The number of rotatable bonds is 19. The van der Waals surface area contributed by atoms with Gasteiger partial charge in [-0.25, -0.2) is 12.4 Å². The van der Waals surface area contributed by atoms with Crippen molar-refractivity contribution in [3.63, 3.8) is 0 Å². The molecule has 2 aromatic carbocycles. The third-order valence-electron chi connectivity index (χ3n) is 14.3. The van der Waals surface area contributed by atoms with E-state index in [0.717, 1.165) is 16.5 Å². The van der Waals surface area contributed by atoms with Crippen LogP contribution >= 0.6 is 0 Å². The number of aromatic nitrogens is 1. The molecular weight excluding hydrogens is 815 g/mol. The smallest absolute Gasteiger partial charge is 0.268 e. The quantitative estimate of drug-likeness (QED) is 0.112. The number of ether oxygens (including phenoxy) is 1. The maximum atomic E-state index is 15.0. The Labute approximate surface area is 369 Å². The summed E-state index contributed by atoms with van der Waals surface area (Å²) in [6.07, 6.45) is 0.557. The topological polar surface area (TPSA) is 76.0 Å². The van der Waals surface area contributed by atoms with Crippen LogP contribution in [-0.4, -0.2) is 62.3 Å². The van der Waals surface area contributed by atoms with Crippen molar-refractivity contribution in [3.8, 4) is 0 Å². The maximum absolute atomic E-state index is 15.0. The van der Waals surface area contributed by atoms with E-state index in [9.17, 15) is 0 Å². The summed E-state index contributed by atoms with van der Waals surface area (Å²) in [7, 11) is -11.6. The van der Waals surface area contributed by atoms with Gasteiger partial charge in [0.1, 0.15) is 18.0 Å². The number of benzene rings is 2. The third kappa shape index (κ3) is 9.30. The van der Waals surface area contributed by atoms with Gasteiger partial charge in [0.2, 0.25) is 25.0 Å². The molecule has 0 amide bonds. The van der Waals surface area contributed by atoms with Crippen LogP contribution < -0.4 is 0 Å². The molecule has 0 fully saturated rings. The van der Waals surface area contributed by atoms with Crippen molar-refractivity contribution >= 4 is 51.6 Å². The minimum atomic E-state index is -4.08. The van der Waals surface area contributed by atoms with E-state index in [1.807, 2.05) is 50.2 Å². The van der Waals surface area contributed by atoms with Crippen LogP contribution in [0.5, 0.6) is 0 Å². The molecule has 3 aromatic rings. The Bertz CT molecular complexity index is 1970. The number of fused-ring (bicyclic) bond motifs is 1. The maximum Gasteiger partial charge on any atom is 0.268 e. The molecule has 0 unspecified atom stereocenters. The fourth-order valence-electron chi connectivity index (χ4n) is 11.8. The van der Waals surface area contributed by atoms with E-state index >= 15 is 8.42 Å². The second kappa shape index (κ2) is 19.4. The SMILES string of the molecule is Cc1ccc(S(=O)(=O)n2c(C3=C[C@@H](O[Si](C(C)C)(C(C)C)C(C)C)[C@H](O[Si](C(C)C)(C(C)C)C(C)C)[C@@H](CO[Si](C(C)C)(C(C)C)C(C)C)O3)cc3ccc(C)cc32)cc1. The van der Waals surface area contributed by atoms with Crippen LogP contribution in [0.3, 0.4) is 0 Å². The first-order valence-electron chi connectivity index (χ1n) is 23.1. The second-order valence-electron chi connectivity index (χ2n) is 20.8. The van der Waals surface area contributed by atoms with Crippen molar-refractivity contribution < 1.29 is 26.4 Å². The Morgan fingerprint density at radius 1 is 0.583 bits per heavy atom. The van der Waals surface area contributed by atoms with Crippen molar-refractivity contribution in [1.29, 1.82) is 0 Å². The van der Waals surface area contributed by atoms with Gasteiger partial charge >= 0.3 is 0 Å². The van der Waals surface area contributed by atoms with Crippen LogP contribution in [0.25, 0.3) is 16.7 Å². The van der Waals surface area contributed by atoms with Gasteiger partial charge in [-0.1, -0.05) is 154 Å². The average molecular weight is 899 g/mol. The highest BCUT2D eigenvalue weighted by Gasteiger charge is 2.55. The van der Waals surface area contributed by atoms with Crippen LogP contribution in [0.1, 0.15) is 141 Å². The van der Waals surface area contributed by atoms with Crippen molar-refractivity contribution in [1.82, 2.24) is 3.97 Å². The van der Waals surface area contributed by atoms with Crippen molar-refractivity contribution in [2.75, 3.05) is 6.61 Å². The Balaban J connectivity index is 2.15. The summed E-state index contributed by atoms with van der Waals surface area (Å²) in [5.41, 5.74) is 6.10. The molecule has 338 valence electrons. The molecule has 0 bridgehead atoms. The average Bonchev–Trinajstić information content (AvgIpc) is 3.51. The summed E-state index contributed by atoms with van der Waals surface area (Å²) in [5, 5.41) is 0.825. The lowest BCUT2D eigenvalue weighted by Crippen LogP contribution is -2.61. The van der Waals surface area contributed by atoms with Gasteiger partial charge in [0.25, 0.3) is 10.0 Å². The number of hydrogen-bond acceptors (Lipinski definition) is 6. The van der Waals surface area contributed by atoms with Crippen molar-refractivity contribution in [3.05, 3.63) is 71.4 Å². The van der Waals surface area contributed by atoms with Crippen molar-refractivity contribution in [2.24, 2.45) is 0 Å². The van der Waals surface area contributed by atoms with Gasteiger partial charge in [-0.3, -0.25) is 0 Å². The molecule has 11 heteroatoms. The molecule has 0 radical (unpaired) electrons. The van der Waals surface area contributed by atoms with Crippen LogP contribution in [0.2, 0.25) is 49.9 Å². The van der Waals surface area contributed by atoms with E-state index in [1.54, 1.807) is 12.1 Å². The van der Waals surface area contributed by atoms with Crippen LogP contribution in [0, 0.1) is 13.8 Å². The lowest BCUT2D eigenvalue weighted by Gasteiger charge is -2.52. The Hall–Kier alpha value is -2.00. The minimum absolute atomic E-state index is 0.229. The predicted molar refractivity (Wildman–Crippen MR) is 262 cm³/mol. The van der Waals surface area contributed by atoms with E-state index in [2.05, 4.69) is 131 Å². The highest BCUT2D eigenvalue weighted by Crippen LogP contribution is 2.50. The van der Waals surface area contributed by atoms with E-state index in [4.69, 9.17) is 18.0 Å². The Morgan fingerprint density at radius 3 is 1.47 bits per heavy atom. The summed E-state index contributed by atoms with van der Waals surface area (Å²) in [5.74, 6) is 0.494. The predicted octanol–water partition coefficient (Wildman–Crippen LogP) is 14.5. The zero-order chi connectivity index (χ0) is 45.4. The first kappa shape index (κ1) is 50.6. The third-order valence-corrected chi connectivity index (χ3v) is 34.3. The van der Waals surface area contributed by atoms with Crippen LogP contribution in [0.15, 0.2) is 59.5 Å². The molecule has 60 heavy (non-hydrogen) atoms. The highest BCUT2D eigenvalue weighted by atomic mass is 32.2. The zero-order valence-corrected chi connectivity index (χ0v) is 45.0. The fourth-order valence-corrected chi connectivity index (χ4v) is 29.8. The number of aryl methyl sites for hydroxylation is 2. The van der Waals surface area contributed by atoms with Gasteiger partial charge in [-0.2, -0.15) is 0 Å². The first-order valence-corrected chi connectivity index (χ1v) is 30.9. The lowest BCUT2D eigenvalue weighted by molar-refractivity contribution is -0.0622. The summed E-state index contributed by atoms with van der Waals surface area (Å²) in [6.45, 7) is 46.1. The Morgan fingerprint density at radius 2 is 1.02 bits per heavy atom. The molecule has 0 saturated heterocycles. The molecule has 0 N–H and O–H groups in total. The molecule has 1 aliphatic rings. The van der Waals surface area contributed by atoms with E-state index < -0.39 is 53.3 Å². The molecule has 0 spiro atoms. The summed E-state index contributed by atoms with van der Waals surface area (Å²) < 4.78 is 62.3. The molecule has 0 saturated carbocycles. The number of nitrogens with zero attached hydrogens (tertiary/aromatic N) is 1. The molecule has 4 rings (SSSR count). The second-order valence-corrected chi connectivity index (χ2v) is 38.9. The van der Waals surface area contributed by atoms with Crippen molar-refractivity contribution in [2.45, 2.75) is 212 Å². The standard InChI is InChI=1S/C49H83NO6SSi3/c1-31(2)58(32(3)4,33(5)6)53-30-48-49(56-60(37(13)14,38(15)16)39(17)18)47(55-59(34(7)8,35(9)10)36(11)12)29-46(54-48)45-28-42-24-21-41(20)27-44(42)50(45)57(51,52)43-25-22-40(19)23-26-43/h21-29,31-39,47-49H,30H2,1-20H3/t47-,48-,49+/m1/s1. The van der Waals surface area contributed by atoms with Gasteiger partial charge in [0, 0.05) is 5.39 Å². The normalized spacial score (nSPS) is 18.8. The molecule has 7 nitrogen and oxygen atoms in total. The molecular formula is C49H83NO6SSi3. The molecule has 0 aliphatic carbocycles. The van der Waals surface area contributed by atoms with E-state index in [1.165, 1.54) is 3.97 Å². The minimum Gasteiger partial charge on any atom is -0.483 e. The Kier molecular flexibility index (Phi) is 16.4. The highest BCUT2D eigenvalue weighted by molar-refractivity contribution is 7.90. The summed E-state index contributed by atoms with van der Waals surface area (Å²) in [4.78, 5) is 0.229. The van der Waals surface area contributed by atoms with E-state index in [0.29, 0.717) is 73.4 Å². The van der Waals surface area contributed by atoms with Gasteiger partial charge in [0.05, 0.1) is 28.8 Å². The first-order chi connectivity index (χ1) is 27.7. The van der Waals surface area contributed by atoms with Gasteiger partial charge < -0.3 is 18.0 Å². The molecule has 1 aliphatic heterocycles. The zero-order valence-electron chi connectivity index (χ0n) is 41.1. The van der Waals surface area contributed by atoms with Crippen LogP contribution in [-0.2, 0) is 28.0 Å². The number of hydrogen-bond donors (Lipinski definition) is 0. The largest absolute Gasteiger partial charge is 0.483 e. The summed E-state index contributed by atoms with van der Waals surface area (Å²) >= 11 is 0. The lowest BCUT2D eigenvalue weighted by atomic mass is 10.0. The van der Waals surface area contributed by atoms with E-state index in [-0.39, 0.29) is 4.90 Å². The van der Waals surface area contributed by atoms with Gasteiger partial charge in [0.15, 0.2) is 0 Å². The molecule has 3 atom stereocenters.